The van der Waals surface area contributed by atoms with Crippen molar-refractivity contribution in [3.63, 3.8) is 0 Å². The molecule has 234 valence electrons. The fourth-order valence-electron chi connectivity index (χ4n) is 4.20. The van der Waals surface area contributed by atoms with Gasteiger partial charge < -0.3 is 18.9 Å². The Bertz CT molecular complexity index is 1770. The van der Waals surface area contributed by atoms with E-state index in [0.29, 0.717) is 33.4 Å². The van der Waals surface area contributed by atoms with Crippen molar-refractivity contribution in [3.05, 3.63) is 99.8 Å². The topological polar surface area (TPSA) is 90.0 Å². The molecule has 15 heteroatoms. The molecule has 0 N–H and O–H groups in total. The largest absolute Gasteiger partial charge is 0.493 e. The maximum atomic E-state index is 13.5. The number of alkyl halides is 6. The minimum Gasteiger partial charge on any atom is -0.493 e. The lowest BCUT2D eigenvalue weighted by molar-refractivity contribution is -0.143. The third kappa shape index (κ3) is 7.48. The van der Waals surface area contributed by atoms with Gasteiger partial charge in [0.1, 0.15) is 6.61 Å². The van der Waals surface area contributed by atoms with Gasteiger partial charge in [0.2, 0.25) is 11.7 Å². The summed E-state index contributed by atoms with van der Waals surface area (Å²) in [5.41, 5.74) is -2.06. The number of aromatic nitrogens is 2. The third-order valence-corrected chi connectivity index (χ3v) is 7.52. The summed E-state index contributed by atoms with van der Waals surface area (Å²) in [7, 11) is 3.02. The van der Waals surface area contributed by atoms with Crippen LogP contribution in [0.5, 0.6) is 11.5 Å². The molecular weight excluding hydrogens is 626 g/mol. The maximum absolute atomic E-state index is 13.5. The van der Waals surface area contributed by atoms with Gasteiger partial charge >= 0.3 is 12.4 Å². The third-order valence-electron chi connectivity index (χ3n) is 6.42. The van der Waals surface area contributed by atoms with Gasteiger partial charge in [-0.25, -0.2) is 0 Å². The minimum atomic E-state index is -5.03. The first kappa shape index (κ1) is 31.6. The molecular formula is C30H22F6N4O4S. The number of carbonyl (C=O) groups is 1. The number of carbonyl (C=O) groups excluding carboxylic acids is 1. The smallest absolute Gasteiger partial charge is 0.416 e. The molecule has 0 saturated carbocycles. The van der Waals surface area contributed by atoms with E-state index in [1.165, 1.54) is 19.2 Å². The molecule has 2 heterocycles. The van der Waals surface area contributed by atoms with E-state index in [1.54, 1.807) is 24.1 Å². The van der Waals surface area contributed by atoms with Crippen LogP contribution >= 0.6 is 11.8 Å². The van der Waals surface area contributed by atoms with Crippen molar-refractivity contribution >= 4 is 28.9 Å². The second kappa shape index (κ2) is 12.7. The summed E-state index contributed by atoms with van der Waals surface area (Å²) in [6.45, 7) is -0.477. The van der Waals surface area contributed by atoms with Crippen LogP contribution in [0, 0.1) is 0 Å². The molecule has 3 aromatic carbocycles. The highest BCUT2D eigenvalue weighted by Crippen LogP contribution is 2.39. The first-order valence-corrected chi connectivity index (χ1v) is 13.8. The molecule has 0 fully saturated rings. The van der Waals surface area contributed by atoms with Crippen LogP contribution in [0.4, 0.5) is 26.3 Å². The molecule has 1 aliphatic rings. The molecule has 1 aromatic heterocycles. The highest BCUT2D eigenvalue weighted by Gasteiger charge is 2.38. The highest BCUT2D eigenvalue weighted by atomic mass is 32.2. The first-order chi connectivity index (χ1) is 21.3. The second-order valence-corrected chi connectivity index (χ2v) is 10.6. The number of ether oxygens (including phenoxy) is 2. The summed E-state index contributed by atoms with van der Waals surface area (Å²) < 4.78 is 95.6. The summed E-state index contributed by atoms with van der Waals surface area (Å²) in [6, 6.07) is 15.1. The first-order valence-electron chi connectivity index (χ1n) is 13.0. The number of benzene rings is 3. The average Bonchev–Trinajstić information content (AvgIpc) is 3.62. The van der Waals surface area contributed by atoms with Crippen LogP contribution in [-0.4, -0.2) is 40.3 Å². The number of halogens is 6. The molecule has 0 radical (unpaired) electrons. The van der Waals surface area contributed by atoms with Crippen molar-refractivity contribution in [1.82, 2.24) is 15.0 Å². The Morgan fingerprint density at radius 3 is 2.40 bits per heavy atom. The second-order valence-electron chi connectivity index (χ2n) is 9.61. The number of rotatable bonds is 8. The Labute approximate surface area is 256 Å². The Hall–Kier alpha value is -4.79. The van der Waals surface area contributed by atoms with Crippen LogP contribution in [0.3, 0.4) is 0 Å². The number of hydrogen-bond acceptors (Lipinski definition) is 8. The summed E-state index contributed by atoms with van der Waals surface area (Å²) in [4.78, 5) is 23.1. The summed E-state index contributed by atoms with van der Waals surface area (Å²) >= 11 is 1.11. The van der Waals surface area contributed by atoms with Gasteiger partial charge in [-0.1, -0.05) is 47.6 Å². The van der Waals surface area contributed by atoms with Crippen LogP contribution in [-0.2, 0) is 30.3 Å². The molecule has 4 aromatic rings. The Balaban J connectivity index is 1.26. The van der Waals surface area contributed by atoms with E-state index in [2.05, 4.69) is 15.1 Å². The number of nitrogens with zero attached hydrogens (tertiary/aromatic N) is 4. The predicted octanol–water partition coefficient (Wildman–Crippen LogP) is 7.46. The van der Waals surface area contributed by atoms with Crippen LogP contribution in [0.25, 0.3) is 17.5 Å². The number of aliphatic imine (C=N–C) groups is 1. The Kier molecular flexibility index (Phi) is 8.91. The van der Waals surface area contributed by atoms with Gasteiger partial charge in [0.25, 0.3) is 5.91 Å². The van der Waals surface area contributed by atoms with Gasteiger partial charge in [0.15, 0.2) is 16.7 Å². The average molecular weight is 649 g/mol. The van der Waals surface area contributed by atoms with Crippen molar-refractivity contribution in [3.8, 4) is 22.9 Å². The van der Waals surface area contributed by atoms with Crippen LogP contribution in [0.2, 0.25) is 0 Å². The standard InChI is InChI=1S/C30H22F6N4O4S/c1-40(15-25-37-26(39-44-25)18-6-4-3-5-7-18)28-38-27(41)24(45-28)13-17-8-11-22(23(12-17)42-2)43-16-19-9-10-20(29(31,32)33)14-21(19)30(34,35)36/h3-14H,15-16H2,1-2H3/b24-13+. The summed E-state index contributed by atoms with van der Waals surface area (Å²) in [5, 5.41) is 4.38. The van der Waals surface area contributed by atoms with E-state index in [-0.39, 0.29) is 24.1 Å². The Morgan fingerprint density at radius 1 is 0.956 bits per heavy atom. The minimum absolute atomic E-state index is 0.0455. The van der Waals surface area contributed by atoms with Crippen molar-refractivity contribution in [2.45, 2.75) is 25.5 Å². The number of methoxy groups -OCH3 is 1. The van der Waals surface area contributed by atoms with E-state index in [1.807, 2.05) is 30.3 Å². The lowest BCUT2D eigenvalue weighted by Crippen LogP contribution is -2.22. The quantitative estimate of drug-likeness (QED) is 0.144. The zero-order valence-corrected chi connectivity index (χ0v) is 24.3. The zero-order valence-electron chi connectivity index (χ0n) is 23.4. The van der Waals surface area contributed by atoms with E-state index < -0.39 is 41.6 Å². The zero-order chi connectivity index (χ0) is 32.4. The van der Waals surface area contributed by atoms with Crippen LogP contribution in [0.1, 0.15) is 28.1 Å². The number of hydrogen-bond donors (Lipinski definition) is 0. The molecule has 1 amide bonds. The molecule has 0 aliphatic carbocycles. The van der Waals surface area contributed by atoms with Crippen molar-refractivity contribution in [1.29, 1.82) is 0 Å². The summed E-state index contributed by atoms with van der Waals surface area (Å²) in [6.07, 6.45) is -8.41. The fourth-order valence-corrected chi connectivity index (χ4v) is 5.07. The van der Waals surface area contributed by atoms with Crippen LogP contribution in [0.15, 0.2) is 81.2 Å². The molecule has 0 unspecified atom stereocenters. The lowest BCUT2D eigenvalue weighted by Gasteiger charge is -2.17. The van der Waals surface area contributed by atoms with Crippen molar-refractivity contribution < 1.29 is 45.1 Å². The SMILES string of the molecule is COc1cc(/C=C2/SC(N(C)Cc3nc(-c4ccccc4)no3)=NC2=O)ccc1OCc1ccc(C(F)(F)F)cc1C(F)(F)F. The fraction of sp³-hybridized carbons (Fsp3) is 0.200. The molecule has 1 aliphatic heterocycles. The van der Waals surface area contributed by atoms with E-state index in [4.69, 9.17) is 14.0 Å². The van der Waals surface area contributed by atoms with Crippen molar-refractivity contribution in [2.75, 3.05) is 14.2 Å². The molecule has 5 rings (SSSR count). The van der Waals surface area contributed by atoms with E-state index >= 15 is 0 Å². The van der Waals surface area contributed by atoms with Crippen molar-refractivity contribution in [2.24, 2.45) is 4.99 Å². The molecule has 8 nitrogen and oxygen atoms in total. The molecule has 0 bridgehead atoms. The molecule has 0 saturated heterocycles. The number of amidine groups is 1. The highest BCUT2D eigenvalue weighted by molar-refractivity contribution is 8.18. The monoisotopic (exact) mass is 648 g/mol. The van der Waals surface area contributed by atoms with E-state index in [0.717, 1.165) is 23.4 Å². The van der Waals surface area contributed by atoms with Gasteiger partial charge in [-0.05, 0) is 47.7 Å². The van der Waals surface area contributed by atoms with Gasteiger partial charge in [0, 0.05) is 18.2 Å². The van der Waals surface area contributed by atoms with Gasteiger partial charge in [-0.2, -0.15) is 36.3 Å². The molecule has 45 heavy (non-hydrogen) atoms. The van der Waals surface area contributed by atoms with Crippen LogP contribution < -0.4 is 9.47 Å². The van der Waals surface area contributed by atoms with Gasteiger partial charge in [-0.3, -0.25) is 4.79 Å². The predicted molar refractivity (Wildman–Crippen MR) is 153 cm³/mol. The van der Waals surface area contributed by atoms with E-state index in [9.17, 15) is 31.1 Å². The normalized spacial score (nSPS) is 14.5. The maximum Gasteiger partial charge on any atom is 0.416 e. The van der Waals surface area contributed by atoms with Gasteiger partial charge in [0.05, 0.1) is 29.7 Å². The summed E-state index contributed by atoms with van der Waals surface area (Å²) in [5.74, 6) is 0.439. The molecule has 0 atom stereocenters. The lowest BCUT2D eigenvalue weighted by atomic mass is 10.0. The number of amides is 1. The number of thioether (sulfide) groups is 1. The molecule has 0 spiro atoms. The van der Waals surface area contributed by atoms with Gasteiger partial charge in [-0.15, -0.1) is 0 Å². The Morgan fingerprint density at radius 2 is 1.71 bits per heavy atom.